The zero-order valence-corrected chi connectivity index (χ0v) is 21.6. The SMILES string of the molecule is CCCOc1cccc(-c2nn(-c3ccccc3)cc2CNC(=O)c2cc(Cl)c(OCC)c(Cl)c2)c1. The molecule has 36 heavy (non-hydrogen) atoms. The van der Waals surface area contributed by atoms with Gasteiger partial charge in [0, 0.05) is 29.4 Å². The summed E-state index contributed by atoms with van der Waals surface area (Å²) in [6.07, 6.45) is 2.84. The highest BCUT2D eigenvalue weighted by molar-refractivity contribution is 6.37. The standard InChI is InChI=1S/C28H27Cl2N3O3/c1-3-13-36-23-12-8-9-19(14-23)26-21(18-33(32-26)22-10-6-5-7-11-22)17-31-28(34)20-15-24(29)27(35-4-2)25(30)16-20/h5-12,14-16,18H,3-4,13,17H2,1-2H3,(H,31,34). The number of benzene rings is 3. The minimum atomic E-state index is -0.305. The van der Waals surface area contributed by atoms with Gasteiger partial charge >= 0.3 is 0 Å². The Morgan fingerprint density at radius 1 is 0.972 bits per heavy atom. The molecule has 1 aromatic heterocycles. The Hall–Kier alpha value is -3.48. The number of amides is 1. The Labute approximate surface area is 220 Å². The molecule has 0 unspecified atom stereocenters. The van der Waals surface area contributed by atoms with Crippen LogP contribution in [0.25, 0.3) is 16.9 Å². The quantitative estimate of drug-likeness (QED) is 0.244. The van der Waals surface area contributed by atoms with Crippen molar-refractivity contribution in [2.24, 2.45) is 0 Å². The topological polar surface area (TPSA) is 65.4 Å². The third kappa shape index (κ3) is 6.01. The van der Waals surface area contributed by atoms with Gasteiger partial charge in [-0.05, 0) is 49.7 Å². The number of hydrogen-bond donors (Lipinski definition) is 1. The molecule has 0 atom stereocenters. The maximum atomic E-state index is 13.0. The maximum absolute atomic E-state index is 13.0. The molecule has 0 saturated carbocycles. The monoisotopic (exact) mass is 523 g/mol. The van der Waals surface area contributed by atoms with Gasteiger partial charge in [0.1, 0.15) is 5.75 Å². The van der Waals surface area contributed by atoms with Crippen molar-refractivity contribution in [2.45, 2.75) is 26.8 Å². The van der Waals surface area contributed by atoms with E-state index in [0.29, 0.717) is 24.5 Å². The number of rotatable bonds is 10. The molecule has 0 spiro atoms. The van der Waals surface area contributed by atoms with E-state index in [0.717, 1.165) is 34.7 Å². The van der Waals surface area contributed by atoms with E-state index in [1.807, 2.05) is 67.7 Å². The highest BCUT2D eigenvalue weighted by atomic mass is 35.5. The van der Waals surface area contributed by atoms with Crippen molar-refractivity contribution in [3.63, 3.8) is 0 Å². The summed E-state index contributed by atoms with van der Waals surface area (Å²) in [4.78, 5) is 13.0. The van der Waals surface area contributed by atoms with Crippen molar-refractivity contribution in [3.8, 4) is 28.4 Å². The Bertz CT molecular complexity index is 1320. The molecule has 6 nitrogen and oxygen atoms in total. The Morgan fingerprint density at radius 3 is 2.42 bits per heavy atom. The minimum absolute atomic E-state index is 0.253. The van der Waals surface area contributed by atoms with E-state index in [2.05, 4.69) is 12.2 Å². The normalized spacial score (nSPS) is 10.8. The fraction of sp³-hybridized carbons (Fsp3) is 0.214. The summed E-state index contributed by atoms with van der Waals surface area (Å²) >= 11 is 12.6. The van der Waals surface area contributed by atoms with Gasteiger partial charge in [0.25, 0.3) is 5.91 Å². The zero-order valence-electron chi connectivity index (χ0n) is 20.1. The Kier molecular flexibility index (Phi) is 8.52. The summed E-state index contributed by atoms with van der Waals surface area (Å²) in [6.45, 7) is 5.22. The molecule has 0 radical (unpaired) electrons. The highest BCUT2D eigenvalue weighted by Crippen LogP contribution is 2.34. The van der Waals surface area contributed by atoms with Crippen LogP contribution in [0.3, 0.4) is 0 Å². The van der Waals surface area contributed by atoms with Crippen molar-refractivity contribution < 1.29 is 14.3 Å². The first kappa shape index (κ1) is 25.6. The van der Waals surface area contributed by atoms with Crippen molar-refractivity contribution in [2.75, 3.05) is 13.2 Å². The van der Waals surface area contributed by atoms with Crippen molar-refractivity contribution in [1.29, 1.82) is 0 Å². The number of ether oxygens (including phenoxy) is 2. The molecule has 0 saturated heterocycles. The number of nitrogens with one attached hydrogen (secondary N) is 1. The summed E-state index contributed by atoms with van der Waals surface area (Å²) in [6, 6.07) is 20.7. The molecule has 0 aliphatic heterocycles. The second-order valence-corrected chi connectivity index (χ2v) is 8.86. The number of carbonyl (C=O) groups is 1. The fourth-order valence-corrected chi connectivity index (χ4v) is 4.30. The summed E-state index contributed by atoms with van der Waals surface area (Å²) < 4.78 is 13.1. The van der Waals surface area contributed by atoms with Crippen LogP contribution in [0.4, 0.5) is 0 Å². The van der Waals surface area contributed by atoms with Crippen LogP contribution in [0.1, 0.15) is 36.2 Å². The van der Waals surface area contributed by atoms with Crippen molar-refractivity contribution >= 4 is 29.1 Å². The van der Waals surface area contributed by atoms with Gasteiger partial charge in [-0.2, -0.15) is 5.10 Å². The van der Waals surface area contributed by atoms with Crippen LogP contribution in [-0.2, 0) is 6.54 Å². The number of para-hydroxylation sites is 1. The summed E-state index contributed by atoms with van der Waals surface area (Å²) in [5.41, 5.74) is 3.77. The van der Waals surface area contributed by atoms with Crippen molar-refractivity contribution in [1.82, 2.24) is 15.1 Å². The van der Waals surface area contributed by atoms with Crippen LogP contribution in [0.15, 0.2) is 72.9 Å². The predicted octanol–water partition coefficient (Wildman–Crippen LogP) is 6.96. The van der Waals surface area contributed by atoms with Gasteiger partial charge in [-0.25, -0.2) is 4.68 Å². The van der Waals surface area contributed by atoms with E-state index in [9.17, 15) is 4.79 Å². The first-order chi connectivity index (χ1) is 17.5. The van der Waals surface area contributed by atoms with Gasteiger partial charge < -0.3 is 14.8 Å². The van der Waals surface area contributed by atoms with Crippen LogP contribution in [-0.4, -0.2) is 28.9 Å². The second-order valence-electron chi connectivity index (χ2n) is 8.04. The third-order valence-electron chi connectivity index (χ3n) is 5.38. The van der Waals surface area contributed by atoms with E-state index < -0.39 is 0 Å². The number of carbonyl (C=O) groups excluding carboxylic acids is 1. The molecule has 0 fully saturated rings. The summed E-state index contributed by atoms with van der Waals surface area (Å²) in [7, 11) is 0. The third-order valence-corrected chi connectivity index (χ3v) is 5.94. The molecule has 0 bridgehead atoms. The first-order valence-electron chi connectivity index (χ1n) is 11.8. The van der Waals surface area contributed by atoms with Gasteiger partial charge in [-0.3, -0.25) is 4.79 Å². The van der Waals surface area contributed by atoms with Gasteiger partial charge in [0.05, 0.1) is 34.6 Å². The molecule has 1 amide bonds. The van der Waals surface area contributed by atoms with Crippen LogP contribution >= 0.6 is 23.2 Å². The molecule has 1 N–H and O–H groups in total. The maximum Gasteiger partial charge on any atom is 0.251 e. The number of nitrogens with zero attached hydrogens (tertiary/aromatic N) is 2. The molecule has 0 aliphatic carbocycles. The van der Waals surface area contributed by atoms with Gasteiger partial charge in [0.15, 0.2) is 5.75 Å². The molecule has 3 aromatic carbocycles. The van der Waals surface area contributed by atoms with Crippen LogP contribution in [0.5, 0.6) is 11.5 Å². The van der Waals surface area contributed by atoms with Gasteiger partial charge in [-0.1, -0.05) is 60.5 Å². The van der Waals surface area contributed by atoms with Gasteiger partial charge in [0.2, 0.25) is 0 Å². The second kappa shape index (κ2) is 12.0. The van der Waals surface area contributed by atoms with E-state index in [1.165, 1.54) is 0 Å². The fourth-order valence-electron chi connectivity index (χ4n) is 3.70. The van der Waals surface area contributed by atoms with Crippen LogP contribution in [0, 0.1) is 0 Å². The molecular formula is C28H27Cl2N3O3. The lowest BCUT2D eigenvalue weighted by atomic mass is 10.1. The smallest absolute Gasteiger partial charge is 0.251 e. The van der Waals surface area contributed by atoms with E-state index in [4.69, 9.17) is 37.8 Å². The largest absolute Gasteiger partial charge is 0.494 e. The summed E-state index contributed by atoms with van der Waals surface area (Å²) in [5.74, 6) is 0.839. The lowest BCUT2D eigenvalue weighted by Crippen LogP contribution is -2.23. The molecule has 8 heteroatoms. The van der Waals surface area contributed by atoms with E-state index in [1.54, 1.807) is 16.8 Å². The van der Waals surface area contributed by atoms with Crippen LogP contribution in [0.2, 0.25) is 10.0 Å². The molecule has 1 heterocycles. The molecule has 4 rings (SSSR count). The molecule has 4 aromatic rings. The van der Waals surface area contributed by atoms with Crippen LogP contribution < -0.4 is 14.8 Å². The number of hydrogen-bond acceptors (Lipinski definition) is 4. The lowest BCUT2D eigenvalue weighted by molar-refractivity contribution is 0.0951. The average Bonchev–Trinajstić information content (AvgIpc) is 3.33. The zero-order chi connectivity index (χ0) is 25.5. The first-order valence-corrected chi connectivity index (χ1v) is 12.5. The molecule has 0 aliphatic rings. The number of halogens is 2. The predicted molar refractivity (Wildman–Crippen MR) is 144 cm³/mol. The Morgan fingerprint density at radius 2 is 1.72 bits per heavy atom. The highest BCUT2D eigenvalue weighted by Gasteiger charge is 2.17. The van der Waals surface area contributed by atoms with Crippen molar-refractivity contribution in [3.05, 3.63) is 94.1 Å². The number of aromatic nitrogens is 2. The average molecular weight is 524 g/mol. The molecule has 186 valence electrons. The minimum Gasteiger partial charge on any atom is -0.494 e. The lowest BCUT2D eigenvalue weighted by Gasteiger charge is -2.11. The molecular weight excluding hydrogens is 497 g/mol. The van der Waals surface area contributed by atoms with E-state index >= 15 is 0 Å². The Balaban J connectivity index is 1.62. The van der Waals surface area contributed by atoms with Gasteiger partial charge in [-0.15, -0.1) is 0 Å². The summed E-state index contributed by atoms with van der Waals surface area (Å²) in [5, 5.41) is 8.37. The van der Waals surface area contributed by atoms with E-state index in [-0.39, 0.29) is 22.5 Å².